The van der Waals surface area contributed by atoms with Crippen LogP contribution in [-0.2, 0) is 17.8 Å². The monoisotopic (exact) mass is 383 g/mol. The van der Waals surface area contributed by atoms with Crippen LogP contribution in [0.2, 0.25) is 0 Å². The minimum absolute atomic E-state index is 0.289. The highest BCUT2D eigenvalue weighted by Crippen LogP contribution is 2.34. The van der Waals surface area contributed by atoms with Crippen LogP contribution in [0.4, 0.5) is 5.00 Å². The lowest BCUT2D eigenvalue weighted by Crippen LogP contribution is -2.22. The number of hydrogen-bond donors (Lipinski definition) is 2. The first-order valence-corrected chi connectivity index (χ1v) is 9.53. The Balaban J connectivity index is 1.79. The lowest BCUT2D eigenvalue weighted by atomic mass is 10.1. The van der Waals surface area contributed by atoms with Gasteiger partial charge in [-0.25, -0.2) is 0 Å². The maximum absolute atomic E-state index is 12.4. The molecule has 140 valence electrons. The molecule has 1 aliphatic rings. The summed E-state index contributed by atoms with van der Waals surface area (Å²) in [7, 11) is 1.59. The molecule has 1 aliphatic heterocycles. The third-order valence-corrected chi connectivity index (χ3v) is 5.36. The molecule has 0 atom stereocenters. The first-order valence-electron chi connectivity index (χ1n) is 8.71. The zero-order valence-corrected chi connectivity index (χ0v) is 16.1. The van der Waals surface area contributed by atoms with E-state index in [1.54, 1.807) is 13.2 Å². The van der Waals surface area contributed by atoms with Crippen LogP contribution in [-0.4, -0.2) is 26.2 Å². The van der Waals surface area contributed by atoms with Crippen LogP contribution in [0.15, 0.2) is 24.3 Å². The average Bonchev–Trinajstić information content (AvgIpc) is 3.04. The van der Waals surface area contributed by atoms with Crippen LogP contribution in [0.5, 0.6) is 11.5 Å². The van der Waals surface area contributed by atoms with E-state index in [-0.39, 0.29) is 5.91 Å². The van der Waals surface area contributed by atoms with E-state index in [2.05, 4.69) is 16.7 Å². The van der Waals surface area contributed by atoms with Gasteiger partial charge in [-0.3, -0.25) is 4.79 Å². The van der Waals surface area contributed by atoms with Crippen molar-refractivity contribution >= 4 is 28.3 Å². The number of carbonyl (C=O) groups excluding carboxylic acids is 1. The van der Waals surface area contributed by atoms with Crippen LogP contribution in [0, 0.1) is 11.3 Å². The number of benzene rings is 1. The molecule has 0 saturated heterocycles. The van der Waals surface area contributed by atoms with E-state index < -0.39 is 0 Å². The van der Waals surface area contributed by atoms with Gasteiger partial charge in [-0.1, -0.05) is 0 Å². The number of ether oxygens (including phenoxy) is 2. The Morgan fingerprint density at radius 3 is 3.07 bits per heavy atom. The minimum atomic E-state index is -0.289. The normalized spacial score (nSPS) is 13.1. The van der Waals surface area contributed by atoms with E-state index >= 15 is 0 Å². The van der Waals surface area contributed by atoms with Crippen LogP contribution in [0.25, 0.3) is 6.08 Å². The summed E-state index contributed by atoms with van der Waals surface area (Å²) in [6, 6.07) is 7.67. The second kappa shape index (κ2) is 8.71. The molecule has 2 heterocycles. The number of anilines is 1. The van der Waals surface area contributed by atoms with Crippen molar-refractivity contribution in [2.24, 2.45) is 0 Å². The van der Waals surface area contributed by atoms with Crippen LogP contribution < -0.4 is 20.1 Å². The number of carbonyl (C=O) groups is 1. The van der Waals surface area contributed by atoms with Gasteiger partial charge in [-0.05, 0) is 49.7 Å². The van der Waals surface area contributed by atoms with Crippen molar-refractivity contribution in [1.82, 2.24) is 5.32 Å². The Kier molecular flexibility index (Phi) is 6.12. The number of nitrogens with one attached hydrogen (secondary N) is 2. The van der Waals surface area contributed by atoms with E-state index in [1.807, 2.05) is 25.1 Å². The van der Waals surface area contributed by atoms with Crippen molar-refractivity contribution in [3.63, 3.8) is 0 Å². The molecule has 2 N–H and O–H groups in total. The molecule has 0 aliphatic carbocycles. The third kappa shape index (κ3) is 4.30. The molecule has 0 saturated carbocycles. The first-order chi connectivity index (χ1) is 13.2. The lowest BCUT2D eigenvalue weighted by molar-refractivity contribution is -0.111. The summed E-state index contributed by atoms with van der Waals surface area (Å²) in [4.78, 5) is 13.5. The van der Waals surface area contributed by atoms with Crippen molar-refractivity contribution in [2.75, 3.05) is 25.6 Å². The zero-order valence-electron chi connectivity index (χ0n) is 15.3. The van der Waals surface area contributed by atoms with E-state index in [9.17, 15) is 10.1 Å². The largest absolute Gasteiger partial charge is 0.497 e. The van der Waals surface area contributed by atoms with Gasteiger partial charge < -0.3 is 20.1 Å². The molecule has 0 radical (unpaired) electrons. The third-order valence-electron chi connectivity index (χ3n) is 4.21. The highest BCUT2D eigenvalue weighted by molar-refractivity contribution is 7.16. The maximum Gasteiger partial charge on any atom is 0.249 e. The van der Waals surface area contributed by atoms with Crippen LogP contribution >= 0.6 is 11.3 Å². The molecule has 3 rings (SSSR count). The van der Waals surface area contributed by atoms with Gasteiger partial charge in [-0.15, -0.1) is 11.3 Å². The van der Waals surface area contributed by atoms with Crippen LogP contribution in [0.3, 0.4) is 0 Å². The number of thiophene rings is 1. The molecular weight excluding hydrogens is 362 g/mol. The van der Waals surface area contributed by atoms with Gasteiger partial charge in [0.15, 0.2) is 0 Å². The van der Waals surface area contributed by atoms with E-state index in [4.69, 9.17) is 9.47 Å². The number of methoxy groups -OCH3 is 1. The number of amides is 1. The highest BCUT2D eigenvalue weighted by atomic mass is 32.1. The zero-order chi connectivity index (χ0) is 19.2. The van der Waals surface area contributed by atoms with Crippen molar-refractivity contribution < 1.29 is 14.3 Å². The Hall–Kier alpha value is -2.82. The van der Waals surface area contributed by atoms with Gasteiger partial charge in [-0.2, -0.15) is 5.26 Å². The van der Waals surface area contributed by atoms with Crippen molar-refractivity contribution in [2.45, 2.75) is 19.9 Å². The summed E-state index contributed by atoms with van der Waals surface area (Å²) < 4.78 is 10.8. The molecule has 1 aromatic heterocycles. The summed E-state index contributed by atoms with van der Waals surface area (Å²) in [5.74, 6) is 1.07. The number of rotatable bonds is 6. The number of nitriles is 1. The Labute approximate surface area is 162 Å². The number of hydrogen-bond acceptors (Lipinski definition) is 6. The van der Waals surface area contributed by atoms with Gasteiger partial charge in [0.1, 0.15) is 22.6 Å². The van der Waals surface area contributed by atoms with E-state index in [0.717, 1.165) is 35.5 Å². The quantitative estimate of drug-likeness (QED) is 0.748. The maximum atomic E-state index is 12.4. The van der Waals surface area contributed by atoms with Gasteiger partial charge in [0.25, 0.3) is 0 Å². The van der Waals surface area contributed by atoms with Gasteiger partial charge in [0, 0.05) is 23.1 Å². The summed E-state index contributed by atoms with van der Waals surface area (Å²) in [5, 5.41) is 16.2. The fourth-order valence-electron chi connectivity index (χ4n) is 2.93. The summed E-state index contributed by atoms with van der Waals surface area (Å²) >= 11 is 1.46. The molecule has 0 bridgehead atoms. The second-order valence-electron chi connectivity index (χ2n) is 5.91. The minimum Gasteiger partial charge on any atom is -0.497 e. The fraction of sp³-hybridized carbons (Fsp3) is 0.300. The molecule has 0 unspecified atom stereocenters. The summed E-state index contributed by atoms with van der Waals surface area (Å²) in [6.45, 7) is 4.02. The second-order valence-corrected chi connectivity index (χ2v) is 7.01. The standard InChI is InChI=1S/C20H21N3O3S/c1-3-26-17-6-5-14(25-2)10-13(17)4-7-19(24)23-20-16(11-21)15-8-9-22-12-18(15)27-20/h4-7,10,22H,3,8-9,12H2,1-2H3,(H,23,24)/b7-4-. The smallest absolute Gasteiger partial charge is 0.249 e. The molecule has 0 spiro atoms. The topological polar surface area (TPSA) is 83.4 Å². The SMILES string of the molecule is CCOc1ccc(OC)cc1/C=C\C(=O)Nc1sc2c(c1C#N)CCNC2. The fourth-order valence-corrected chi connectivity index (χ4v) is 4.10. The molecular formula is C20H21N3O3S. The molecule has 6 nitrogen and oxygen atoms in total. The lowest BCUT2D eigenvalue weighted by Gasteiger charge is -2.11. The molecule has 1 amide bonds. The predicted octanol–water partition coefficient (Wildman–Crippen LogP) is 3.32. The summed E-state index contributed by atoms with van der Waals surface area (Å²) in [6.07, 6.45) is 3.93. The Morgan fingerprint density at radius 2 is 2.33 bits per heavy atom. The molecule has 0 fully saturated rings. The summed E-state index contributed by atoms with van der Waals surface area (Å²) in [5.41, 5.74) is 2.38. The van der Waals surface area contributed by atoms with Crippen LogP contribution in [0.1, 0.15) is 28.5 Å². The van der Waals surface area contributed by atoms with Gasteiger partial charge in [0.05, 0.1) is 19.3 Å². The Morgan fingerprint density at radius 1 is 1.48 bits per heavy atom. The van der Waals surface area contributed by atoms with Crippen molar-refractivity contribution in [1.29, 1.82) is 5.26 Å². The molecule has 2 aromatic rings. The molecule has 1 aromatic carbocycles. The highest BCUT2D eigenvalue weighted by Gasteiger charge is 2.21. The predicted molar refractivity (Wildman–Crippen MR) is 106 cm³/mol. The van der Waals surface area contributed by atoms with Crippen molar-refractivity contribution in [3.05, 3.63) is 45.8 Å². The van der Waals surface area contributed by atoms with Crippen molar-refractivity contribution in [3.8, 4) is 17.6 Å². The molecule has 7 heteroatoms. The Bertz CT molecular complexity index is 912. The van der Waals surface area contributed by atoms with Gasteiger partial charge >= 0.3 is 0 Å². The first kappa shape index (κ1) is 19.0. The average molecular weight is 383 g/mol. The van der Waals surface area contributed by atoms with Gasteiger partial charge in [0.2, 0.25) is 5.91 Å². The number of nitrogens with zero attached hydrogens (tertiary/aromatic N) is 1. The number of fused-ring (bicyclic) bond motifs is 1. The van der Waals surface area contributed by atoms with E-state index in [0.29, 0.717) is 28.7 Å². The van der Waals surface area contributed by atoms with E-state index in [1.165, 1.54) is 17.4 Å². The molecule has 27 heavy (non-hydrogen) atoms.